The van der Waals surface area contributed by atoms with Gasteiger partial charge < -0.3 is 15.8 Å². The van der Waals surface area contributed by atoms with Crippen LogP contribution in [0, 0.1) is 6.92 Å². The van der Waals surface area contributed by atoms with Gasteiger partial charge in [-0.05, 0) is 19.4 Å². The first-order valence-corrected chi connectivity index (χ1v) is 5.27. The van der Waals surface area contributed by atoms with E-state index >= 15 is 0 Å². The highest BCUT2D eigenvalue weighted by Crippen LogP contribution is 2.11. The number of carbonyl (C=O) groups is 1. The minimum atomic E-state index is -0.132. The van der Waals surface area contributed by atoms with Crippen LogP contribution in [0.4, 0.5) is 5.69 Å². The van der Waals surface area contributed by atoms with Gasteiger partial charge in [-0.3, -0.25) is 9.78 Å². The molecule has 1 aliphatic heterocycles. The molecule has 0 bridgehead atoms. The molecule has 16 heavy (non-hydrogen) atoms. The molecule has 1 aromatic heterocycles. The molecule has 1 fully saturated rings. The van der Waals surface area contributed by atoms with Crippen LogP contribution in [0.15, 0.2) is 12.3 Å². The van der Waals surface area contributed by atoms with Gasteiger partial charge in [-0.1, -0.05) is 0 Å². The fourth-order valence-corrected chi connectivity index (χ4v) is 1.69. The molecule has 1 atom stereocenters. The van der Waals surface area contributed by atoms with E-state index < -0.39 is 0 Å². The average Bonchev–Trinajstić information content (AvgIpc) is 2.74. The molecule has 0 spiro atoms. The number of nitrogens with one attached hydrogen (secondary N) is 1. The highest BCUT2D eigenvalue weighted by Gasteiger charge is 2.19. The molecule has 5 heteroatoms. The van der Waals surface area contributed by atoms with Gasteiger partial charge in [0.1, 0.15) is 0 Å². The van der Waals surface area contributed by atoms with Crippen molar-refractivity contribution < 1.29 is 9.53 Å². The second-order valence-electron chi connectivity index (χ2n) is 3.94. The Morgan fingerprint density at radius 2 is 2.50 bits per heavy atom. The lowest BCUT2D eigenvalue weighted by molar-refractivity contribution is 0.0929. The SMILES string of the molecule is Cc1ncc(N)cc1C(=O)NC1CCOC1. The summed E-state index contributed by atoms with van der Waals surface area (Å²) in [4.78, 5) is 16.0. The molecule has 1 amide bonds. The highest BCUT2D eigenvalue weighted by molar-refractivity contribution is 5.96. The van der Waals surface area contributed by atoms with E-state index in [1.165, 1.54) is 0 Å². The summed E-state index contributed by atoms with van der Waals surface area (Å²) in [6.07, 6.45) is 2.41. The number of hydrogen-bond donors (Lipinski definition) is 2. The number of rotatable bonds is 2. The lowest BCUT2D eigenvalue weighted by Gasteiger charge is -2.11. The third kappa shape index (κ3) is 2.30. The molecule has 0 aliphatic carbocycles. The molecule has 1 unspecified atom stereocenters. The van der Waals surface area contributed by atoms with Crippen molar-refractivity contribution in [1.82, 2.24) is 10.3 Å². The molecule has 5 nitrogen and oxygen atoms in total. The van der Waals surface area contributed by atoms with E-state index in [4.69, 9.17) is 10.5 Å². The molecule has 0 aromatic carbocycles. The molecule has 86 valence electrons. The average molecular weight is 221 g/mol. The molecule has 2 heterocycles. The first-order chi connectivity index (χ1) is 7.66. The smallest absolute Gasteiger partial charge is 0.253 e. The number of pyridine rings is 1. The van der Waals surface area contributed by atoms with Gasteiger partial charge in [-0.15, -0.1) is 0 Å². The van der Waals surface area contributed by atoms with Crippen LogP contribution >= 0.6 is 0 Å². The van der Waals surface area contributed by atoms with E-state index in [1.54, 1.807) is 19.2 Å². The Kier molecular flexibility index (Phi) is 3.05. The van der Waals surface area contributed by atoms with Crippen molar-refractivity contribution in [3.05, 3.63) is 23.5 Å². The number of anilines is 1. The van der Waals surface area contributed by atoms with Gasteiger partial charge in [0.2, 0.25) is 0 Å². The molecule has 0 radical (unpaired) electrons. The first-order valence-electron chi connectivity index (χ1n) is 5.27. The van der Waals surface area contributed by atoms with Crippen LogP contribution in [0.3, 0.4) is 0 Å². The number of nitrogens with two attached hydrogens (primary N) is 1. The summed E-state index contributed by atoms with van der Waals surface area (Å²) in [6, 6.07) is 1.75. The standard InChI is InChI=1S/C11H15N3O2/c1-7-10(4-8(12)5-13-7)11(15)14-9-2-3-16-6-9/h4-5,9H,2-3,6,12H2,1H3,(H,14,15). The van der Waals surface area contributed by atoms with Gasteiger partial charge in [-0.25, -0.2) is 0 Å². The fourth-order valence-electron chi connectivity index (χ4n) is 1.69. The van der Waals surface area contributed by atoms with Gasteiger partial charge >= 0.3 is 0 Å². The van der Waals surface area contributed by atoms with Gasteiger partial charge in [0, 0.05) is 6.61 Å². The van der Waals surface area contributed by atoms with Crippen molar-refractivity contribution in [3.8, 4) is 0 Å². The minimum absolute atomic E-state index is 0.105. The molecular formula is C11H15N3O2. The zero-order chi connectivity index (χ0) is 11.5. The minimum Gasteiger partial charge on any atom is -0.397 e. The van der Waals surface area contributed by atoms with E-state index in [-0.39, 0.29) is 11.9 Å². The molecule has 0 saturated carbocycles. The van der Waals surface area contributed by atoms with Gasteiger partial charge in [-0.2, -0.15) is 0 Å². The fraction of sp³-hybridized carbons (Fsp3) is 0.455. The Hall–Kier alpha value is -1.62. The number of amides is 1. The summed E-state index contributed by atoms with van der Waals surface area (Å²) in [7, 11) is 0. The third-order valence-electron chi connectivity index (χ3n) is 2.62. The van der Waals surface area contributed by atoms with Crippen molar-refractivity contribution in [2.45, 2.75) is 19.4 Å². The van der Waals surface area contributed by atoms with E-state index in [9.17, 15) is 4.79 Å². The van der Waals surface area contributed by atoms with Gasteiger partial charge in [0.15, 0.2) is 0 Å². The lowest BCUT2D eigenvalue weighted by atomic mass is 10.1. The van der Waals surface area contributed by atoms with Crippen LogP contribution in [0.25, 0.3) is 0 Å². The van der Waals surface area contributed by atoms with Gasteiger partial charge in [0.05, 0.1) is 35.8 Å². The molecule has 1 saturated heterocycles. The van der Waals surface area contributed by atoms with E-state index in [0.717, 1.165) is 6.42 Å². The highest BCUT2D eigenvalue weighted by atomic mass is 16.5. The number of carbonyl (C=O) groups excluding carboxylic acids is 1. The molecular weight excluding hydrogens is 206 g/mol. The third-order valence-corrected chi connectivity index (χ3v) is 2.62. The predicted molar refractivity (Wildman–Crippen MR) is 60.1 cm³/mol. The zero-order valence-corrected chi connectivity index (χ0v) is 9.19. The summed E-state index contributed by atoms with van der Waals surface area (Å²) in [5.74, 6) is -0.132. The number of nitrogens with zero attached hydrogens (tertiary/aromatic N) is 1. The summed E-state index contributed by atoms with van der Waals surface area (Å²) < 4.78 is 5.19. The van der Waals surface area contributed by atoms with Crippen LogP contribution in [0.1, 0.15) is 22.5 Å². The second-order valence-corrected chi connectivity index (χ2v) is 3.94. The molecule has 3 N–H and O–H groups in total. The van der Waals surface area contributed by atoms with Crippen molar-refractivity contribution in [1.29, 1.82) is 0 Å². The number of aryl methyl sites for hydroxylation is 1. The Bertz CT molecular complexity index is 400. The maximum absolute atomic E-state index is 11.9. The van der Waals surface area contributed by atoms with Crippen molar-refractivity contribution in [2.75, 3.05) is 18.9 Å². The largest absolute Gasteiger partial charge is 0.397 e. The summed E-state index contributed by atoms with van der Waals surface area (Å²) in [5.41, 5.74) is 7.32. The normalized spacial score (nSPS) is 19.7. The second kappa shape index (κ2) is 4.49. The monoisotopic (exact) mass is 221 g/mol. The Morgan fingerprint density at radius 3 is 3.19 bits per heavy atom. The molecule has 1 aliphatic rings. The van der Waals surface area contributed by atoms with Crippen molar-refractivity contribution >= 4 is 11.6 Å². The van der Waals surface area contributed by atoms with Crippen molar-refractivity contribution in [2.24, 2.45) is 0 Å². The Balaban J connectivity index is 2.10. The van der Waals surface area contributed by atoms with Crippen molar-refractivity contribution in [3.63, 3.8) is 0 Å². The van der Waals surface area contributed by atoms with Crippen LogP contribution < -0.4 is 11.1 Å². The quantitative estimate of drug-likeness (QED) is 0.762. The maximum Gasteiger partial charge on any atom is 0.253 e. The maximum atomic E-state index is 11.9. The van der Waals surface area contributed by atoms with Crippen LogP contribution in [-0.2, 0) is 4.74 Å². The van der Waals surface area contributed by atoms with Gasteiger partial charge in [0.25, 0.3) is 5.91 Å². The van der Waals surface area contributed by atoms with Crippen LogP contribution in [0.5, 0.6) is 0 Å². The van der Waals surface area contributed by atoms with E-state index in [1.807, 2.05) is 0 Å². The summed E-state index contributed by atoms with van der Waals surface area (Å²) in [5, 5.41) is 2.90. The van der Waals surface area contributed by atoms with E-state index in [2.05, 4.69) is 10.3 Å². The topological polar surface area (TPSA) is 77.2 Å². The lowest BCUT2D eigenvalue weighted by Crippen LogP contribution is -2.35. The number of aromatic nitrogens is 1. The predicted octanol–water partition coefficient (Wildman–Crippen LogP) is 0.491. The number of hydrogen-bond acceptors (Lipinski definition) is 4. The van der Waals surface area contributed by atoms with Crippen LogP contribution in [-0.4, -0.2) is 30.1 Å². The zero-order valence-electron chi connectivity index (χ0n) is 9.19. The number of nitrogen functional groups attached to an aromatic ring is 1. The molecule has 2 rings (SSSR count). The Morgan fingerprint density at radius 1 is 1.69 bits per heavy atom. The Labute approximate surface area is 94.0 Å². The summed E-state index contributed by atoms with van der Waals surface area (Å²) in [6.45, 7) is 3.08. The summed E-state index contributed by atoms with van der Waals surface area (Å²) >= 11 is 0. The first kappa shape index (κ1) is 10.9. The number of ether oxygens (including phenoxy) is 1. The van der Waals surface area contributed by atoms with Crippen LogP contribution in [0.2, 0.25) is 0 Å². The van der Waals surface area contributed by atoms with E-state index in [0.29, 0.717) is 30.2 Å². The molecule has 1 aromatic rings.